The molecule has 0 saturated heterocycles. The van der Waals surface area contributed by atoms with Gasteiger partial charge in [-0.3, -0.25) is 15.0 Å². The maximum Gasteiger partial charge on any atom is 0.281 e. The molecule has 3 rings (SSSR count). The van der Waals surface area contributed by atoms with E-state index in [9.17, 15) is 22.8 Å². The summed E-state index contributed by atoms with van der Waals surface area (Å²) in [6.07, 6.45) is -0.277. The first-order chi connectivity index (χ1) is 13.3. The van der Waals surface area contributed by atoms with Crippen LogP contribution in [0.4, 0.5) is 19.1 Å². The fraction of sp³-hybridized carbons (Fsp3) is 0.211. The lowest BCUT2D eigenvalue weighted by Crippen LogP contribution is -2.39. The van der Waals surface area contributed by atoms with Crippen molar-refractivity contribution in [2.45, 2.75) is 13.3 Å². The lowest BCUT2D eigenvalue weighted by Gasteiger charge is -2.21. The van der Waals surface area contributed by atoms with Gasteiger partial charge in [-0.15, -0.1) is 0 Å². The molecule has 0 aliphatic rings. The van der Waals surface area contributed by atoms with E-state index in [0.29, 0.717) is 6.54 Å². The Kier molecular flexibility index (Phi) is 5.34. The van der Waals surface area contributed by atoms with Gasteiger partial charge in [-0.1, -0.05) is 6.07 Å². The molecular formula is C19H17F3N4O2. The van der Waals surface area contributed by atoms with Gasteiger partial charge < -0.3 is 4.90 Å². The number of aromatic nitrogens is 2. The Balaban J connectivity index is 1.99. The first kappa shape index (κ1) is 19.4. The number of anilines is 1. The Morgan fingerprint density at radius 2 is 1.89 bits per heavy atom. The zero-order chi connectivity index (χ0) is 20.4. The Bertz CT molecular complexity index is 1110. The van der Waals surface area contributed by atoms with Crippen LogP contribution in [-0.2, 0) is 11.2 Å². The summed E-state index contributed by atoms with van der Waals surface area (Å²) in [4.78, 5) is 31.1. The van der Waals surface area contributed by atoms with E-state index in [1.54, 1.807) is 11.9 Å². The Morgan fingerprint density at radius 1 is 1.14 bits per heavy atom. The van der Waals surface area contributed by atoms with Crippen LogP contribution in [0.5, 0.6) is 0 Å². The van der Waals surface area contributed by atoms with E-state index in [2.05, 4.69) is 10.4 Å². The summed E-state index contributed by atoms with van der Waals surface area (Å²) in [5.74, 6) is -3.13. The van der Waals surface area contributed by atoms with Gasteiger partial charge in [0.1, 0.15) is 5.82 Å². The Hall–Kier alpha value is -3.36. The molecule has 0 atom stereocenters. The minimum Gasteiger partial charge on any atom is -0.344 e. The number of halogens is 3. The molecule has 1 heterocycles. The number of carbonyl (C=O) groups excluding carboxylic acids is 1. The molecule has 146 valence electrons. The van der Waals surface area contributed by atoms with Crippen LogP contribution in [0, 0.1) is 17.5 Å². The normalized spacial score (nSPS) is 10.9. The average Bonchev–Trinajstić information content (AvgIpc) is 2.66. The molecule has 9 heteroatoms. The maximum atomic E-state index is 13.5. The van der Waals surface area contributed by atoms with Crippen molar-refractivity contribution >= 4 is 22.8 Å². The number of fused-ring (bicyclic) bond motifs is 1. The number of nitrogens with one attached hydrogen (secondary N) is 1. The maximum absolute atomic E-state index is 13.5. The Morgan fingerprint density at radius 3 is 2.57 bits per heavy atom. The average molecular weight is 390 g/mol. The van der Waals surface area contributed by atoms with Gasteiger partial charge in [0.2, 0.25) is 11.9 Å². The summed E-state index contributed by atoms with van der Waals surface area (Å²) in [7, 11) is 1.66. The highest BCUT2D eigenvalue weighted by Gasteiger charge is 2.17. The van der Waals surface area contributed by atoms with Gasteiger partial charge >= 0.3 is 0 Å². The van der Waals surface area contributed by atoms with Crippen LogP contribution in [0.3, 0.4) is 0 Å². The molecule has 2 aromatic carbocycles. The SMILES string of the molecule is CCN(C)c1nc2cc(F)ccc2c(=O)n1NC(=O)Cc1ccc(F)c(F)c1. The lowest BCUT2D eigenvalue weighted by molar-refractivity contribution is -0.116. The molecule has 1 aromatic heterocycles. The van der Waals surface area contributed by atoms with Gasteiger partial charge in [-0.25, -0.2) is 18.2 Å². The predicted octanol–water partition coefficient (Wildman–Crippen LogP) is 2.58. The van der Waals surface area contributed by atoms with Crippen LogP contribution in [-0.4, -0.2) is 29.2 Å². The lowest BCUT2D eigenvalue weighted by atomic mass is 10.1. The third kappa shape index (κ3) is 3.83. The van der Waals surface area contributed by atoms with Crippen molar-refractivity contribution in [3.05, 3.63) is 69.8 Å². The van der Waals surface area contributed by atoms with Crippen molar-refractivity contribution < 1.29 is 18.0 Å². The molecule has 0 bridgehead atoms. The van der Waals surface area contributed by atoms with E-state index >= 15 is 0 Å². The zero-order valence-corrected chi connectivity index (χ0v) is 15.2. The molecule has 0 spiro atoms. The molecule has 0 aliphatic heterocycles. The summed E-state index contributed by atoms with van der Waals surface area (Å²) >= 11 is 0. The topological polar surface area (TPSA) is 67.2 Å². The van der Waals surface area contributed by atoms with Crippen molar-refractivity contribution in [3.8, 4) is 0 Å². The van der Waals surface area contributed by atoms with Crippen molar-refractivity contribution in [1.29, 1.82) is 0 Å². The number of rotatable bonds is 5. The van der Waals surface area contributed by atoms with Crippen LogP contribution in [0.1, 0.15) is 12.5 Å². The smallest absolute Gasteiger partial charge is 0.281 e. The van der Waals surface area contributed by atoms with Crippen LogP contribution >= 0.6 is 0 Å². The van der Waals surface area contributed by atoms with E-state index < -0.39 is 28.9 Å². The van der Waals surface area contributed by atoms with Gasteiger partial charge in [0.25, 0.3) is 5.56 Å². The fourth-order valence-electron chi connectivity index (χ4n) is 2.64. The molecule has 0 unspecified atom stereocenters. The van der Waals surface area contributed by atoms with Crippen LogP contribution in [0.2, 0.25) is 0 Å². The quantitative estimate of drug-likeness (QED) is 0.727. The molecule has 1 amide bonds. The van der Waals surface area contributed by atoms with Crippen molar-refractivity contribution in [3.63, 3.8) is 0 Å². The molecule has 0 fully saturated rings. The first-order valence-corrected chi connectivity index (χ1v) is 8.47. The van der Waals surface area contributed by atoms with Crippen molar-refractivity contribution in [2.75, 3.05) is 23.9 Å². The summed E-state index contributed by atoms with van der Waals surface area (Å²) in [5.41, 5.74) is 2.25. The van der Waals surface area contributed by atoms with Gasteiger partial charge in [0.05, 0.1) is 17.3 Å². The van der Waals surface area contributed by atoms with Gasteiger partial charge in [-0.2, -0.15) is 4.68 Å². The van der Waals surface area contributed by atoms with Crippen molar-refractivity contribution in [1.82, 2.24) is 9.66 Å². The Labute approximate surface area is 158 Å². The number of carbonyl (C=O) groups is 1. The molecule has 0 aliphatic carbocycles. The van der Waals surface area contributed by atoms with E-state index in [-0.39, 0.29) is 28.8 Å². The highest BCUT2D eigenvalue weighted by Crippen LogP contribution is 2.15. The summed E-state index contributed by atoms with van der Waals surface area (Å²) in [5, 5.41) is 0.128. The molecule has 3 aromatic rings. The molecule has 6 nitrogen and oxygen atoms in total. The third-order valence-corrected chi connectivity index (χ3v) is 4.21. The van der Waals surface area contributed by atoms with E-state index in [1.165, 1.54) is 12.1 Å². The zero-order valence-electron chi connectivity index (χ0n) is 15.2. The second-order valence-electron chi connectivity index (χ2n) is 6.19. The van der Waals surface area contributed by atoms with E-state index in [4.69, 9.17) is 0 Å². The van der Waals surface area contributed by atoms with E-state index in [1.807, 2.05) is 6.92 Å². The summed E-state index contributed by atoms with van der Waals surface area (Å²) < 4.78 is 40.8. The van der Waals surface area contributed by atoms with Crippen LogP contribution in [0.25, 0.3) is 10.9 Å². The van der Waals surface area contributed by atoms with Crippen molar-refractivity contribution in [2.24, 2.45) is 0 Å². The summed E-state index contributed by atoms with van der Waals surface area (Å²) in [6.45, 7) is 2.28. The number of hydrogen-bond acceptors (Lipinski definition) is 4. The monoisotopic (exact) mass is 390 g/mol. The number of nitrogens with zero attached hydrogens (tertiary/aromatic N) is 3. The van der Waals surface area contributed by atoms with Gasteiger partial charge in [-0.05, 0) is 36.8 Å². The largest absolute Gasteiger partial charge is 0.344 e. The number of benzene rings is 2. The predicted molar refractivity (Wildman–Crippen MR) is 99.3 cm³/mol. The highest BCUT2D eigenvalue weighted by molar-refractivity contribution is 5.87. The van der Waals surface area contributed by atoms with Gasteiger partial charge in [0, 0.05) is 19.7 Å². The number of hydrogen-bond donors (Lipinski definition) is 1. The minimum atomic E-state index is -1.07. The molecule has 0 saturated carbocycles. The second-order valence-corrected chi connectivity index (χ2v) is 6.19. The second kappa shape index (κ2) is 7.71. The first-order valence-electron chi connectivity index (χ1n) is 8.47. The van der Waals surface area contributed by atoms with Gasteiger partial charge in [0.15, 0.2) is 11.6 Å². The summed E-state index contributed by atoms with van der Waals surface area (Å²) in [6, 6.07) is 6.67. The number of amides is 1. The van der Waals surface area contributed by atoms with E-state index in [0.717, 1.165) is 28.9 Å². The minimum absolute atomic E-state index is 0.115. The molecule has 28 heavy (non-hydrogen) atoms. The standard InChI is InChI=1S/C19H17F3N4O2/c1-3-25(2)19-23-16-10-12(20)5-6-13(16)18(28)26(19)24-17(27)9-11-4-7-14(21)15(22)8-11/h4-8,10H,3,9H2,1-2H3,(H,24,27). The third-order valence-electron chi connectivity index (χ3n) is 4.21. The fourth-order valence-corrected chi connectivity index (χ4v) is 2.64. The molecular weight excluding hydrogens is 373 g/mol. The van der Waals surface area contributed by atoms with Crippen LogP contribution in [0.15, 0.2) is 41.2 Å². The highest BCUT2D eigenvalue weighted by atomic mass is 19.2. The molecule has 0 radical (unpaired) electrons. The molecule has 1 N–H and O–H groups in total. The van der Waals surface area contributed by atoms with Crippen LogP contribution < -0.4 is 15.9 Å².